The number of para-hydroxylation sites is 1. The second-order valence-corrected chi connectivity index (χ2v) is 3.12. The van der Waals surface area contributed by atoms with Crippen molar-refractivity contribution in [1.29, 1.82) is 0 Å². The average molecular weight is 199 g/mol. The molecule has 0 radical (unpaired) electrons. The molecule has 0 aliphatic rings. The van der Waals surface area contributed by atoms with Gasteiger partial charge in [-0.25, -0.2) is 0 Å². The van der Waals surface area contributed by atoms with Crippen molar-refractivity contribution < 1.29 is 4.92 Å². The van der Waals surface area contributed by atoms with Gasteiger partial charge in [-0.3, -0.25) is 0 Å². The predicted octanol–water partition coefficient (Wildman–Crippen LogP) is -0.147. The monoisotopic (exact) mass is 199 g/mol. The van der Waals surface area contributed by atoms with Crippen LogP contribution in [0.3, 0.4) is 0 Å². The van der Waals surface area contributed by atoms with Crippen LogP contribution in [-0.4, -0.2) is 21.8 Å². The van der Waals surface area contributed by atoms with E-state index in [2.05, 4.69) is 0 Å². The van der Waals surface area contributed by atoms with Crippen molar-refractivity contribution in [1.82, 2.24) is 0 Å². The molecule has 0 heterocycles. The van der Waals surface area contributed by atoms with Crippen LogP contribution in [-0.2, 0) is 0 Å². The van der Waals surface area contributed by atoms with E-state index in [0.717, 1.165) is 4.35 Å². The summed E-state index contributed by atoms with van der Waals surface area (Å²) in [6.45, 7) is 0. The minimum atomic E-state index is -0.364. The summed E-state index contributed by atoms with van der Waals surface area (Å²) in [7, 11) is 0. The Morgan fingerprint density at radius 3 is 2.40 bits per heavy atom. The number of benzene rings is 1. The first-order valence-corrected chi connectivity index (χ1v) is 3.92. The van der Waals surface area contributed by atoms with Crippen LogP contribution in [0.15, 0.2) is 24.3 Å². The molecule has 4 heteroatoms. The van der Waals surface area contributed by atoms with Crippen LogP contribution in [0, 0.1) is 10.1 Å². The summed E-state index contributed by atoms with van der Waals surface area (Å²) < 4.78 is 0.764. The summed E-state index contributed by atoms with van der Waals surface area (Å²) in [5.74, 6) is 0. The molecule has 0 aliphatic heterocycles. The molecule has 1 aromatic rings. The van der Waals surface area contributed by atoms with Crippen molar-refractivity contribution in [2.45, 2.75) is 0 Å². The van der Waals surface area contributed by atoms with Crippen molar-refractivity contribution in [3.8, 4) is 0 Å². The molecular weight excluding hydrogens is 193 g/mol. The average Bonchev–Trinajstić information content (AvgIpc) is 1.88. The molecule has 0 saturated heterocycles. The topological polar surface area (TPSA) is 43.1 Å². The first-order chi connectivity index (χ1) is 4.72. The summed E-state index contributed by atoms with van der Waals surface area (Å²) in [6.07, 6.45) is 0. The third-order valence-electron chi connectivity index (χ3n) is 1.13. The van der Waals surface area contributed by atoms with Gasteiger partial charge in [-0.2, -0.15) is 0 Å². The summed E-state index contributed by atoms with van der Waals surface area (Å²) >= 11 is 1.28. The number of hydrogen-bond acceptors (Lipinski definition) is 2. The van der Waals surface area contributed by atoms with Crippen LogP contribution < -0.4 is 4.35 Å². The molecule has 0 aliphatic carbocycles. The van der Waals surface area contributed by atoms with Gasteiger partial charge in [0.05, 0.1) is 0 Å². The van der Waals surface area contributed by atoms with E-state index in [-0.39, 0.29) is 10.6 Å². The van der Waals surface area contributed by atoms with E-state index in [9.17, 15) is 10.1 Å². The standard InChI is InChI=1S/C6H6AsNO2/c7-5-3-1-2-4-6(5)8(9)10/h1-4H,7H2. The van der Waals surface area contributed by atoms with Gasteiger partial charge in [0.1, 0.15) is 0 Å². The fourth-order valence-electron chi connectivity index (χ4n) is 0.654. The zero-order valence-electron chi connectivity index (χ0n) is 5.15. The Hall–Kier alpha value is -0.822. The summed E-state index contributed by atoms with van der Waals surface area (Å²) in [4.78, 5) is 9.87. The van der Waals surface area contributed by atoms with Gasteiger partial charge in [0, 0.05) is 0 Å². The zero-order valence-corrected chi connectivity index (χ0v) is 7.57. The zero-order chi connectivity index (χ0) is 7.56. The van der Waals surface area contributed by atoms with Gasteiger partial charge in [0.2, 0.25) is 0 Å². The number of hydrogen-bond donors (Lipinski definition) is 0. The SMILES string of the molecule is O=[N+]([O-])c1ccccc1[AsH2]. The number of rotatable bonds is 1. The molecular formula is C6H6AsNO2. The van der Waals surface area contributed by atoms with Crippen molar-refractivity contribution in [3.05, 3.63) is 34.4 Å². The fourth-order valence-corrected chi connectivity index (χ4v) is 1.31. The minimum absolute atomic E-state index is 0.211. The van der Waals surface area contributed by atoms with E-state index in [4.69, 9.17) is 0 Å². The van der Waals surface area contributed by atoms with Gasteiger partial charge < -0.3 is 0 Å². The van der Waals surface area contributed by atoms with Crippen LogP contribution in [0.4, 0.5) is 5.69 Å². The van der Waals surface area contributed by atoms with Crippen LogP contribution in [0.25, 0.3) is 0 Å². The molecule has 1 aromatic carbocycles. The predicted molar refractivity (Wildman–Crippen MR) is 41.3 cm³/mol. The van der Waals surface area contributed by atoms with Crippen LogP contribution in [0.2, 0.25) is 0 Å². The van der Waals surface area contributed by atoms with Gasteiger partial charge in [0.25, 0.3) is 0 Å². The normalized spacial score (nSPS) is 9.30. The Balaban J connectivity index is 3.15. The Morgan fingerprint density at radius 1 is 1.40 bits per heavy atom. The van der Waals surface area contributed by atoms with E-state index in [1.54, 1.807) is 18.2 Å². The van der Waals surface area contributed by atoms with Gasteiger partial charge in [-0.05, 0) is 0 Å². The Kier molecular flexibility index (Phi) is 2.07. The van der Waals surface area contributed by atoms with Gasteiger partial charge in [-0.1, -0.05) is 0 Å². The molecule has 1 atom stereocenters. The molecule has 10 heavy (non-hydrogen) atoms. The first kappa shape index (κ1) is 7.29. The molecule has 0 fully saturated rings. The van der Waals surface area contributed by atoms with Crippen molar-refractivity contribution in [3.63, 3.8) is 0 Å². The molecule has 0 N–H and O–H groups in total. The second kappa shape index (κ2) is 2.84. The molecule has 3 nitrogen and oxygen atoms in total. The number of nitro benzene ring substituents is 1. The van der Waals surface area contributed by atoms with E-state index in [0.29, 0.717) is 0 Å². The van der Waals surface area contributed by atoms with Gasteiger partial charge in [0.15, 0.2) is 0 Å². The molecule has 0 bridgehead atoms. The third-order valence-corrected chi connectivity index (χ3v) is 2.16. The molecule has 0 spiro atoms. The van der Waals surface area contributed by atoms with Crippen molar-refractivity contribution in [2.75, 3.05) is 0 Å². The fraction of sp³-hybridized carbons (Fsp3) is 0. The quantitative estimate of drug-likeness (QED) is 0.358. The van der Waals surface area contributed by atoms with E-state index >= 15 is 0 Å². The van der Waals surface area contributed by atoms with Crippen LogP contribution in [0.5, 0.6) is 0 Å². The van der Waals surface area contributed by atoms with E-state index in [1.807, 2.05) is 0 Å². The maximum atomic E-state index is 10.2. The second-order valence-electron chi connectivity index (χ2n) is 1.82. The van der Waals surface area contributed by atoms with Gasteiger partial charge >= 0.3 is 66.2 Å². The number of nitro groups is 1. The maximum absolute atomic E-state index is 10.2. The molecule has 0 saturated carbocycles. The summed E-state index contributed by atoms with van der Waals surface area (Å²) in [5.41, 5.74) is 0.211. The summed E-state index contributed by atoms with van der Waals surface area (Å²) in [5, 5.41) is 10.2. The summed E-state index contributed by atoms with van der Waals surface area (Å²) in [6, 6.07) is 6.72. The van der Waals surface area contributed by atoms with E-state index < -0.39 is 0 Å². The molecule has 0 aromatic heterocycles. The van der Waals surface area contributed by atoms with Crippen molar-refractivity contribution >= 4 is 26.9 Å². The van der Waals surface area contributed by atoms with Gasteiger partial charge in [-0.15, -0.1) is 0 Å². The molecule has 1 rings (SSSR count). The van der Waals surface area contributed by atoms with Crippen LogP contribution in [0.1, 0.15) is 0 Å². The Labute approximate surface area is 66.7 Å². The Bertz CT molecular complexity index is 262. The third kappa shape index (κ3) is 1.36. The van der Waals surface area contributed by atoms with Crippen molar-refractivity contribution in [2.24, 2.45) is 0 Å². The molecule has 52 valence electrons. The van der Waals surface area contributed by atoms with Crippen LogP contribution >= 0.6 is 0 Å². The Morgan fingerprint density at radius 2 is 2.00 bits per heavy atom. The molecule has 1 unspecified atom stereocenters. The first-order valence-electron chi connectivity index (χ1n) is 2.70. The number of nitrogens with zero attached hydrogens (tertiary/aromatic N) is 1. The molecule has 0 amide bonds. The van der Waals surface area contributed by atoms with E-state index in [1.165, 1.54) is 22.9 Å².